The fourth-order valence-electron chi connectivity index (χ4n) is 4.78. The van der Waals surface area contributed by atoms with Gasteiger partial charge in [-0.05, 0) is 99.8 Å². The Morgan fingerprint density at radius 2 is 1.84 bits per heavy atom. The largest absolute Gasteiger partial charge is 0.490 e. The van der Waals surface area contributed by atoms with E-state index < -0.39 is 0 Å². The molecule has 1 aliphatic heterocycles. The molecule has 0 bridgehead atoms. The molecule has 1 saturated carbocycles. The number of nitrogens with one attached hydrogen (secondary N) is 1. The Bertz CT molecular complexity index is 1060. The second-order valence-electron chi connectivity index (χ2n) is 9.00. The summed E-state index contributed by atoms with van der Waals surface area (Å²) in [5.41, 5.74) is 3.26. The van der Waals surface area contributed by atoms with Crippen molar-refractivity contribution in [3.63, 3.8) is 0 Å². The van der Waals surface area contributed by atoms with E-state index in [4.69, 9.17) is 17.0 Å². The van der Waals surface area contributed by atoms with Gasteiger partial charge in [0, 0.05) is 30.3 Å². The van der Waals surface area contributed by atoms with Crippen LogP contribution >= 0.6 is 12.2 Å². The predicted octanol–water partition coefficient (Wildman–Crippen LogP) is 5.96. The normalized spacial score (nSPS) is 21.3. The molecule has 3 heterocycles. The summed E-state index contributed by atoms with van der Waals surface area (Å²) in [6.45, 7) is 4.39. The summed E-state index contributed by atoms with van der Waals surface area (Å²) >= 11 is 5.83. The minimum atomic E-state index is -0.0267. The van der Waals surface area contributed by atoms with Crippen LogP contribution in [-0.2, 0) is 0 Å². The van der Waals surface area contributed by atoms with E-state index in [0.29, 0.717) is 17.3 Å². The van der Waals surface area contributed by atoms with E-state index in [-0.39, 0.29) is 12.1 Å². The van der Waals surface area contributed by atoms with E-state index in [2.05, 4.69) is 82.4 Å². The van der Waals surface area contributed by atoms with Gasteiger partial charge in [0.05, 0.1) is 23.9 Å². The summed E-state index contributed by atoms with van der Waals surface area (Å²) in [6.07, 6.45) is 11.4. The number of hydrogen-bond acceptors (Lipinski definition) is 3. The quantitative estimate of drug-likeness (QED) is 0.473. The van der Waals surface area contributed by atoms with Crippen LogP contribution < -0.4 is 15.0 Å². The highest BCUT2D eigenvalue weighted by Gasteiger charge is 2.41. The summed E-state index contributed by atoms with van der Waals surface area (Å²) in [4.78, 5) is 6.85. The lowest BCUT2D eigenvalue weighted by molar-refractivity contribution is 0.210. The molecule has 0 unspecified atom stereocenters. The molecule has 3 aromatic rings. The number of benzene rings is 1. The van der Waals surface area contributed by atoms with Crippen molar-refractivity contribution in [1.29, 1.82) is 0 Å². The Hall–Kier alpha value is -2.86. The first-order valence-corrected chi connectivity index (χ1v) is 12.0. The van der Waals surface area contributed by atoms with Gasteiger partial charge in [0.2, 0.25) is 0 Å². The molecular formula is C26H30N4OS. The van der Waals surface area contributed by atoms with E-state index in [1.54, 1.807) is 0 Å². The van der Waals surface area contributed by atoms with Gasteiger partial charge >= 0.3 is 0 Å². The Kier molecular flexibility index (Phi) is 5.87. The molecule has 0 amide bonds. The van der Waals surface area contributed by atoms with Crippen molar-refractivity contribution in [3.05, 3.63) is 78.4 Å². The molecule has 2 fully saturated rings. The van der Waals surface area contributed by atoms with Crippen molar-refractivity contribution >= 4 is 23.0 Å². The molecule has 0 radical (unpaired) electrons. The van der Waals surface area contributed by atoms with Crippen molar-refractivity contribution in [2.45, 2.75) is 63.8 Å². The number of ether oxygens (including phenoxy) is 1. The number of hydrogen-bond donors (Lipinski definition) is 1. The minimum Gasteiger partial charge on any atom is -0.490 e. The number of thiocarbonyl (C=S) groups is 1. The van der Waals surface area contributed by atoms with Crippen LogP contribution in [0.4, 0.5) is 5.69 Å². The van der Waals surface area contributed by atoms with E-state index >= 15 is 0 Å². The molecule has 1 aliphatic carbocycles. The third-order valence-corrected chi connectivity index (χ3v) is 6.81. The number of anilines is 1. The summed E-state index contributed by atoms with van der Waals surface area (Å²) in [7, 11) is 0. The summed E-state index contributed by atoms with van der Waals surface area (Å²) in [5, 5.41) is 4.25. The number of pyridine rings is 1. The summed E-state index contributed by atoms with van der Waals surface area (Å²) in [6, 6.07) is 17.0. The second kappa shape index (κ2) is 8.94. The third-order valence-electron chi connectivity index (χ3n) is 6.49. The van der Waals surface area contributed by atoms with Gasteiger partial charge in [0.15, 0.2) is 5.11 Å². The number of aromatic nitrogens is 2. The van der Waals surface area contributed by atoms with Gasteiger partial charge in [-0.3, -0.25) is 4.98 Å². The van der Waals surface area contributed by atoms with Crippen LogP contribution in [0.2, 0.25) is 0 Å². The van der Waals surface area contributed by atoms with E-state index in [0.717, 1.165) is 30.0 Å². The van der Waals surface area contributed by atoms with Crippen LogP contribution in [0.15, 0.2) is 67.1 Å². The lowest BCUT2D eigenvalue weighted by Crippen LogP contribution is -2.29. The van der Waals surface area contributed by atoms with Gasteiger partial charge in [0.1, 0.15) is 5.75 Å². The first-order chi connectivity index (χ1) is 15.6. The fourth-order valence-corrected chi connectivity index (χ4v) is 5.13. The first-order valence-electron chi connectivity index (χ1n) is 11.5. The standard InChI is InChI=1S/C26H30N4OS/c1-18(2)29-16-14-19(17-29)25-24(23-9-5-6-15-27-23)28-26(32)30(25)20-10-12-22(13-11-20)31-21-7-3-4-8-21/h5-6,9-18,21,24-25H,3-4,7-8H2,1-2H3,(H,28,32)/t24-,25+/m0/s1. The van der Waals surface area contributed by atoms with Crippen molar-refractivity contribution in [1.82, 2.24) is 14.9 Å². The molecule has 32 heavy (non-hydrogen) atoms. The Morgan fingerprint density at radius 1 is 1.06 bits per heavy atom. The zero-order valence-corrected chi connectivity index (χ0v) is 19.5. The average Bonchev–Trinajstić information content (AvgIpc) is 3.55. The zero-order valence-electron chi connectivity index (χ0n) is 18.6. The highest BCUT2D eigenvalue weighted by molar-refractivity contribution is 7.80. The second-order valence-corrected chi connectivity index (χ2v) is 9.39. The highest BCUT2D eigenvalue weighted by Crippen LogP contribution is 2.42. The fraction of sp³-hybridized carbons (Fsp3) is 0.385. The SMILES string of the molecule is CC(C)n1ccc([C@@H]2[C@H](c3ccccn3)NC(=S)N2c2ccc(OC3CCCC3)cc2)c1. The number of nitrogens with zero attached hydrogens (tertiary/aromatic N) is 3. The Balaban J connectivity index is 1.48. The van der Waals surface area contributed by atoms with Crippen molar-refractivity contribution in [2.75, 3.05) is 4.90 Å². The van der Waals surface area contributed by atoms with Crippen LogP contribution in [0, 0.1) is 0 Å². The van der Waals surface area contributed by atoms with Gasteiger partial charge in [-0.2, -0.15) is 0 Å². The predicted molar refractivity (Wildman–Crippen MR) is 132 cm³/mol. The Labute approximate surface area is 195 Å². The molecule has 2 aliphatic rings. The van der Waals surface area contributed by atoms with Crippen LogP contribution in [0.5, 0.6) is 5.75 Å². The van der Waals surface area contributed by atoms with Gasteiger partial charge in [-0.15, -0.1) is 0 Å². The average molecular weight is 447 g/mol. The van der Waals surface area contributed by atoms with Crippen LogP contribution in [-0.4, -0.2) is 20.8 Å². The summed E-state index contributed by atoms with van der Waals surface area (Å²) < 4.78 is 8.41. The maximum absolute atomic E-state index is 6.17. The van der Waals surface area contributed by atoms with E-state index in [1.165, 1.54) is 18.4 Å². The molecule has 0 spiro atoms. The maximum atomic E-state index is 6.17. The van der Waals surface area contributed by atoms with Gasteiger partial charge in [0.25, 0.3) is 0 Å². The lowest BCUT2D eigenvalue weighted by atomic mass is 9.98. The van der Waals surface area contributed by atoms with Gasteiger partial charge < -0.3 is 19.5 Å². The van der Waals surface area contributed by atoms with Gasteiger partial charge in [-0.25, -0.2) is 0 Å². The first kappa shape index (κ1) is 21.0. The van der Waals surface area contributed by atoms with E-state index in [1.807, 2.05) is 18.3 Å². The molecule has 1 N–H and O–H groups in total. The molecule has 1 aromatic carbocycles. The van der Waals surface area contributed by atoms with Crippen LogP contribution in [0.25, 0.3) is 0 Å². The molecule has 6 heteroatoms. The smallest absolute Gasteiger partial charge is 0.174 e. The molecule has 2 aromatic heterocycles. The molecule has 1 saturated heterocycles. The third kappa shape index (κ3) is 4.11. The maximum Gasteiger partial charge on any atom is 0.174 e. The van der Waals surface area contributed by atoms with Crippen LogP contribution in [0.3, 0.4) is 0 Å². The topological polar surface area (TPSA) is 42.3 Å². The van der Waals surface area contributed by atoms with E-state index in [9.17, 15) is 0 Å². The summed E-state index contributed by atoms with van der Waals surface area (Å²) in [5.74, 6) is 0.933. The zero-order chi connectivity index (χ0) is 22.1. The molecule has 2 atom stereocenters. The van der Waals surface area contributed by atoms with Crippen LogP contribution in [0.1, 0.15) is 68.9 Å². The molecular weight excluding hydrogens is 416 g/mol. The molecule has 5 rings (SSSR count). The van der Waals surface area contributed by atoms with Crippen molar-refractivity contribution in [3.8, 4) is 5.75 Å². The number of rotatable bonds is 6. The van der Waals surface area contributed by atoms with Crippen molar-refractivity contribution < 1.29 is 4.74 Å². The minimum absolute atomic E-state index is 0.0130. The van der Waals surface area contributed by atoms with Gasteiger partial charge in [-0.1, -0.05) is 6.07 Å². The lowest BCUT2D eigenvalue weighted by Gasteiger charge is -2.27. The Morgan fingerprint density at radius 3 is 2.50 bits per heavy atom. The molecule has 166 valence electrons. The van der Waals surface area contributed by atoms with Crippen molar-refractivity contribution in [2.24, 2.45) is 0 Å². The monoisotopic (exact) mass is 446 g/mol. The highest BCUT2D eigenvalue weighted by atomic mass is 32.1. The molecule has 5 nitrogen and oxygen atoms in total.